The van der Waals surface area contributed by atoms with E-state index in [1.54, 1.807) is 12.3 Å². The predicted octanol–water partition coefficient (Wildman–Crippen LogP) is 3.75. The van der Waals surface area contributed by atoms with E-state index in [0.717, 1.165) is 17.1 Å². The molecular weight excluding hydrogens is 378 g/mol. The zero-order valence-electron chi connectivity index (χ0n) is 16.0. The Bertz CT molecular complexity index is 1140. The van der Waals surface area contributed by atoms with Crippen LogP contribution in [0, 0.1) is 20.8 Å². The topological polar surface area (TPSA) is 91.9 Å². The standard InChI is InChI=1S/C19H19N5O3S/c1-11-8-14(13(3)24(11)17-9-12(2)27-22-17)15(25)10-28-19-21-20-18(23(19)4)16-6-5-7-26-16/h5-9H,10H2,1-4H3. The third-order valence-electron chi connectivity index (χ3n) is 4.48. The molecule has 0 unspecified atom stereocenters. The van der Waals surface area contributed by atoms with Crippen LogP contribution in [0.1, 0.15) is 27.5 Å². The molecule has 9 heteroatoms. The van der Waals surface area contributed by atoms with Gasteiger partial charge in [0.05, 0.1) is 12.0 Å². The fraction of sp³-hybridized carbons (Fsp3) is 0.263. The van der Waals surface area contributed by atoms with Crippen LogP contribution in [0.5, 0.6) is 0 Å². The van der Waals surface area contributed by atoms with Gasteiger partial charge in [0.15, 0.2) is 28.3 Å². The summed E-state index contributed by atoms with van der Waals surface area (Å²) in [6.07, 6.45) is 1.59. The Kier molecular flexibility index (Phi) is 4.68. The Hall–Kier alpha value is -3.07. The van der Waals surface area contributed by atoms with E-state index >= 15 is 0 Å². The smallest absolute Gasteiger partial charge is 0.200 e. The number of thioether (sulfide) groups is 1. The monoisotopic (exact) mass is 397 g/mol. The summed E-state index contributed by atoms with van der Waals surface area (Å²) in [7, 11) is 1.85. The molecule has 0 aliphatic carbocycles. The van der Waals surface area contributed by atoms with Gasteiger partial charge in [0, 0.05) is 30.1 Å². The molecule has 0 spiro atoms. The number of carbonyl (C=O) groups is 1. The fourth-order valence-corrected chi connectivity index (χ4v) is 3.92. The molecule has 0 atom stereocenters. The maximum Gasteiger partial charge on any atom is 0.200 e. The molecule has 0 N–H and O–H groups in total. The van der Waals surface area contributed by atoms with Crippen molar-refractivity contribution in [1.29, 1.82) is 0 Å². The molecule has 0 saturated carbocycles. The molecule has 0 aromatic carbocycles. The Morgan fingerprint density at radius 3 is 2.71 bits per heavy atom. The summed E-state index contributed by atoms with van der Waals surface area (Å²) >= 11 is 1.35. The molecule has 28 heavy (non-hydrogen) atoms. The minimum absolute atomic E-state index is 0.0205. The van der Waals surface area contributed by atoms with Gasteiger partial charge < -0.3 is 13.5 Å². The minimum atomic E-state index is 0.0205. The van der Waals surface area contributed by atoms with Crippen molar-refractivity contribution >= 4 is 17.5 Å². The molecule has 4 heterocycles. The van der Waals surface area contributed by atoms with E-state index < -0.39 is 0 Å². The molecular formula is C19H19N5O3S. The summed E-state index contributed by atoms with van der Waals surface area (Å²) in [6.45, 7) is 5.69. The van der Waals surface area contributed by atoms with Gasteiger partial charge in [-0.15, -0.1) is 10.2 Å². The first-order chi connectivity index (χ1) is 13.5. The number of hydrogen-bond donors (Lipinski definition) is 0. The molecule has 0 aliphatic rings. The van der Waals surface area contributed by atoms with Gasteiger partial charge in [0.1, 0.15) is 5.76 Å². The lowest BCUT2D eigenvalue weighted by Crippen LogP contribution is -2.06. The largest absolute Gasteiger partial charge is 0.461 e. The van der Waals surface area contributed by atoms with Crippen molar-refractivity contribution in [3.8, 4) is 17.4 Å². The third kappa shape index (κ3) is 3.18. The highest BCUT2D eigenvalue weighted by Crippen LogP contribution is 2.26. The highest BCUT2D eigenvalue weighted by atomic mass is 32.2. The van der Waals surface area contributed by atoms with Crippen LogP contribution >= 0.6 is 11.8 Å². The predicted molar refractivity (Wildman–Crippen MR) is 104 cm³/mol. The van der Waals surface area contributed by atoms with E-state index in [4.69, 9.17) is 8.94 Å². The number of hydrogen-bond acceptors (Lipinski definition) is 7. The highest BCUT2D eigenvalue weighted by molar-refractivity contribution is 7.99. The van der Waals surface area contributed by atoms with Crippen LogP contribution in [0.4, 0.5) is 0 Å². The number of nitrogens with zero attached hydrogens (tertiary/aromatic N) is 5. The van der Waals surface area contributed by atoms with E-state index in [9.17, 15) is 4.79 Å². The van der Waals surface area contributed by atoms with E-state index in [1.165, 1.54) is 11.8 Å². The van der Waals surface area contributed by atoms with Gasteiger partial charge in [0.25, 0.3) is 0 Å². The second-order valence-corrected chi connectivity index (χ2v) is 7.41. The molecule has 8 nitrogen and oxygen atoms in total. The first-order valence-electron chi connectivity index (χ1n) is 8.67. The van der Waals surface area contributed by atoms with Crippen molar-refractivity contribution in [3.05, 3.63) is 53.2 Å². The molecule has 0 radical (unpaired) electrons. The Labute approximate surface area is 165 Å². The Morgan fingerprint density at radius 1 is 1.21 bits per heavy atom. The number of rotatable bonds is 6. The lowest BCUT2D eigenvalue weighted by Gasteiger charge is -2.05. The summed E-state index contributed by atoms with van der Waals surface area (Å²) in [5.74, 6) is 2.94. The van der Waals surface area contributed by atoms with Crippen LogP contribution in [0.2, 0.25) is 0 Å². The van der Waals surface area contributed by atoms with Crippen molar-refractivity contribution in [2.45, 2.75) is 25.9 Å². The second kappa shape index (κ2) is 7.16. The Balaban J connectivity index is 1.52. The highest BCUT2D eigenvalue weighted by Gasteiger charge is 2.20. The van der Waals surface area contributed by atoms with E-state index in [1.807, 2.05) is 55.2 Å². The van der Waals surface area contributed by atoms with Crippen molar-refractivity contribution in [3.63, 3.8) is 0 Å². The van der Waals surface area contributed by atoms with Crippen LogP contribution in [0.3, 0.4) is 0 Å². The lowest BCUT2D eigenvalue weighted by atomic mass is 10.2. The van der Waals surface area contributed by atoms with Crippen LogP contribution in [-0.2, 0) is 7.05 Å². The average molecular weight is 397 g/mol. The third-order valence-corrected chi connectivity index (χ3v) is 5.51. The molecule has 0 fully saturated rings. The normalized spacial score (nSPS) is 11.3. The van der Waals surface area contributed by atoms with Crippen LogP contribution in [-0.4, -0.2) is 36.0 Å². The molecule has 0 amide bonds. The van der Waals surface area contributed by atoms with Crippen molar-refractivity contribution in [1.82, 2.24) is 24.5 Å². The zero-order valence-corrected chi connectivity index (χ0v) is 16.8. The zero-order chi connectivity index (χ0) is 19.8. The van der Waals surface area contributed by atoms with Crippen LogP contribution in [0.15, 0.2) is 44.6 Å². The summed E-state index contributed by atoms with van der Waals surface area (Å²) < 4.78 is 14.3. The van der Waals surface area contributed by atoms with Crippen LogP contribution in [0.25, 0.3) is 17.4 Å². The van der Waals surface area contributed by atoms with Crippen LogP contribution < -0.4 is 0 Å². The van der Waals surface area contributed by atoms with Crippen molar-refractivity contribution in [2.75, 3.05) is 5.75 Å². The summed E-state index contributed by atoms with van der Waals surface area (Å²) in [5, 5.41) is 13.0. The van der Waals surface area contributed by atoms with Gasteiger partial charge in [-0.1, -0.05) is 16.9 Å². The van der Waals surface area contributed by atoms with Gasteiger partial charge in [-0.05, 0) is 39.0 Å². The van der Waals surface area contributed by atoms with Gasteiger partial charge in [-0.3, -0.25) is 9.36 Å². The first-order valence-corrected chi connectivity index (χ1v) is 9.66. The molecule has 4 rings (SSSR count). The summed E-state index contributed by atoms with van der Waals surface area (Å²) in [4.78, 5) is 12.8. The second-order valence-electron chi connectivity index (χ2n) is 6.47. The molecule has 4 aromatic heterocycles. The quantitative estimate of drug-likeness (QED) is 0.361. The first kappa shape index (κ1) is 18.3. The van der Waals surface area contributed by atoms with E-state index in [0.29, 0.717) is 28.1 Å². The number of aryl methyl sites for hydroxylation is 2. The molecule has 0 bridgehead atoms. The van der Waals surface area contributed by atoms with E-state index in [2.05, 4.69) is 15.4 Å². The Morgan fingerprint density at radius 2 is 2.04 bits per heavy atom. The molecule has 0 saturated heterocycles. The van der Waals surface area contributed by atoms with Gasteiger partial charge in [-0.2, -0.15) is 0 Å². The number of ketones is 1. The SMILES string of the molecule is Cc1cc(-n2c(C)cc(C(=O)CSc3nnc(-c4ccco4)n3C)c2C)no1. The van der Waals surface area contributed by atoms with Crippen molar-refractivity contribution < 1.29 is 13.7 Å². The number of carbonyl (C=O) groups excluding carboxylic acids is 1. The van der Waals surface area contributed by atoms with Gasteiger partial charge >= 0.3 is 0 Å². The van der Waals surface area contributed by atoms with Gasteiger partial charge in [0.2, 0.25) is 0 Å². The number of furan rings is 1. The maximum absolute atomic E-state index is 12.8. The minimum Gasteiger partial charge on any atom is -0.461 e. The summed E-state index contributed by atoms with van der Waals surface area (Å²) in [6, 6.07) is 7.35. The summed E-state index contributed by atoms with van der Waals surface area (Å²) in [5.41, 5.74) is 2.43. The van der Waals surface area contributed by atoms with Gasteiger partial charge in [-0.25, -0.2) is 0 Å². The lowest BCUT2D eigenvalue weighted by molar-refractivity contribution is 0.102. The number of aromatic nitrogens is 5. The molecule has 144 valence electrons. The molecule has 0 aliphatic heterocycles. The number of Topliss-reactive ketones (excluding diaryl/α,β-unsaturated/α-hetero) is 1. The molecule has 4 aromatic rings. The van der Waals surface area contributed by atoms with Crippen molar-refractivity contribution in [2.24, 2.45) is 7.05 Å². The van der Waals surface area contributed by atoms with E-state index in [-0.39, 0.29) is 11.5 Å². The maximum atomic E-state index is 12.8. The average Bonchev–Trinajstić information content (AvgIpc) is 3.42. The fourth-order valence-electron chi connectivity index (χ4n) is 3.13.